The highest BCUT2D eigenvalue weighted by atomic mass is 16.5. The number of imide groups is 1. The third kappa shape index (κ3) is 4.21. The second-order valence-corrected chi connectivity index (χ2v) is 10.7. The summed E-state index contributed by atoms with van der Waals surface area (Å²) in [6, 6.07) is 10.9. The first kappa shape index (κ1) is 24.2. The molecule has 188 valence electrons. The lowest BCUT2D eigenvalue weighted by atomic mass is 9.76. The first-order chi connectivity index (χ1) is 17.1. The molecule has 7 nitrogen and oxygen atoms in total. The smallest absolute Gasteiger partial charge is 0.316 e. The highest BCUT2D eigenvalue weighted by Crippen LogP contribution is 2.43. The van der Waals surface area contributed by atoms with Gasteiger partial charge in [0.1, 0.15) is 5.75 Å². The lowest BCUT2D eigenvalue weighted by molar-refractivity contribution is -0.139. The van der Waals surface area contributed by atoms with Crippen LogP contribution in [0.15, 0.2) is 36.4 Å². The Kier molecular flexibility index (Phi) is 6.18. The third-order valence-electron chi connectivity index (χ3n) is 7.93. The summed E-state index contributed by atoms with van der Waals surface area (Å²) in [4.78, 5) is 54.7. The van der Waals surface area contributed by atoms with Gasteiger partial charge in [0, 0.05) is 18.7 Å². The molecule has 0 unspecified atom stereocenters. The molecule has 1 aliphatic carbocycles. The van der Waals surface area contributed by atoms with Gasteiger partial charge in [0.2, 0.25) is 17.7 Å². The highest BCUT2D eigenvalue weighted by Gasteiger charge is 2.50. The number of ether oxygens (including phenoxy) is 1. The molecule has 7 heteroatoms. The number of fused-ring (bicyclic) bond motifs is 1. The molecule has 2 aliphatic heterocycles. The van der Waals surface area contributed by atoms with Gasteiger partial charge >= 0.3 is 5.97 Å². The minimum atomic E-state index is -0.566. The fourth-order valence-corrected chi connectivity index (χ4v) is 5.88. The minimum absolute atomic E-state index is 0.0981. The number of hydrogen-bond acceptors (Lipinski definition) is 5. The molecule has 0 spiro atoms. The van der Waals surface area contributed by atoms with Crippen molar-refractivity contribution in [1.82, 2.24) is 0 Å². The number of hydrogen-bond donors (Lipinski definition) is 0. The van der Waals surface area contributed by atoms with Crippen LogP contribution < -0.4 is 14.5 Å². The van der Waals surface area contributed by atoms with E-state index in [1.54, 1.807) is 30.0 Å². The van der Waals surface area contributed by atoms with Crippen LogP contribution in [0.3, 0.4) is 0 Å². The van der Waals surface area contributed by atoms with Gasteiger partial charge in [0.15, 0.2) is 0 Å². The van der Waals surface area contributed by atoms with Crippen molar-refractivity contribution < 1.29 is 23.9 Å². The van der Waals surface area contributed by atoms with E-state index in [9.17, 15) is 19.2 Å². The van der Waals surface area contributed by atoms with Gasteiger partial charge in [-0.05, 0) is 86.9 Å². The number of aryl methyl sites for hydroxylation is 3. The fourth-order valence-electron chi connectivity index (χ4n) is 5.88. The van der Waals surface area contributed by atoms with Gasteiger partial charge in [0.25, 0.3) is 0 Å². The molecule has 4 atom stereocenters. The van der Waals surface area contributed by atoms with Crippen LogP contribution in [0.2, 0.25) is 0 Å². The molecule has 0 N–H and O–H groups in total. The average molecular weight is 489 g/mol. The molecule has 2 aromatic carbocycles. The Hall–Kier alpha value is -3.48. The SMILES string of the molecule is Cc1ccc(C)c(N2C[C@H](C(=O)Oc3ccc(N4C(=O)[C@@H]5CC[C@@H](C)C[C@H]5C4=O)c(C)c3)CC2=O)c1. The Labute approximate surface area is 211 Å². The number of esters is 1. The molecule has 5 rings (SSSR count). The van der Waals surface area contributed by atoms with Gasteiger partial charge in [-0.1, -0.05) is 19.1 Å². The number of rotatable bonds is 4. The van der Waals surface area contributed by atoms with Crippen molar-refractivity contribution in [3.63, 3.8) is 0 Å². The lowest BCUT2D eigenvalue weighted by Crippen LogP contribution is -2.31. The second kappa shape index (κ2) is 9.19. The predicted molar refractivity (Wildman–Crippen MR) is 136 cm³/mol. The molecule has 3 aliphatic rings. The van der Waals surface area contributed by atoms with Crippen molar-refractivity contribution in [3.8, 4) is 5.75 Å². The van der Waals surface area contributed by atoms with Crippen LogP contribution in [0.25, 0.3) is 0 Å². The Morgan fingerprint density at radius 3 is 2.39 bits per heavy atom. The van der Waals surface area contributed by atoms with Crippen molar-refractivity contribution in [3.05, 3.63) is 53.1 Å². The largest absolute Gasteiger partial charge is 0.426 e. The Morgan fingerprint density at radius 2 is 1.64 bits per heavy atom. The van der Waals surface area contributed by atoms with Gasteiger partial charge < -0.3 is 9.64 Å². The van der Waals surface area contributed by atoms with E-state index in [1.165, 1.54) is 4.90 Å². The number of nitrogens with zero attached hydrogens (tertiary/aromatic N) is 2. The van der Waals surface area contributed by atoms with E-state index in [0.717, 1.165) is 36.1 Å². The monoisotopic (exact) mass is 488 g/mol. The lowest BCUT2D eigenvalue weighted by Gasteiger charge is -2.25. The first-order valence-corrected chi connectivity index (χ1v) is 12.7. The van der Waals surface area contributed by atoms with Gasteiger partial charge in [0.05, 0.1) is 23.4 Å². The summed E-state index contributed by atoms with van der Waals surface area (Å²) in [5, 5.41) is 0. The predicted octanol–water partition coefficient (Wildman–Crippen LogP) is 4.50. The van der Waals surface area contributed by atoms with Crippen molar-refractivity contribution in [1.29, 1.82) is 0 Å². The number of benzene rings is 2. The minimum Gasteiger partial charge on any atom is -0.426 e. The van der Waals surface area contributed by atoms with Crippen molar-refractivity contribution in [2.24, 2.45) is 23.7 Å². The summed E-state index contributed by atoms with van der Waals surface area (Å²) in [6.45, 7) is 8.13. The first-order valence-electron chi connectivity index (χ1n) is 12.7. The topological polar surface area (TPSA) is 84.0 Å². The van der Waals surface area contributed by atoms with Crippen molar-refractivity contribution in [2.45, 2.75) is 53.4 Å². The van der Waals surface area contributed by atoms with E-state index >= 15 is 0 Å². The van der Waals surface area contributed by atoms with Gasteiger partial charge in [-0.3, -0.25) is 19.2 Å². The zero-order valence-corrected chi connectivity index (χ0v) is 21.2. The summed E-state index contributed by atoms with van der Waals surface area (Å²) in [5.41, 5.74) is 4.09. The Morgan fingerprint density at radius 1 is 0.889 bits per heavy atom. The fraction of sp³-hybridized carbons (Fsp3) is 0.448. The van der Waals surface area contributed by atoms with Crippen LogP contribution in [0.4, 0.5) is 11.4 Å². The number of anilines is 2. The van der Waals surface area contributed by atoms with Crippen LogP contribution in [-0.4, -0.2) is 30.2 Å². The number of carbonyl (C=O) groups excluding carboxylic acids is 4. The highest BCUT2D eigenvalue weighted by molar-refractivity contribution is 6.22. The quantitative estimate of drug-likeness (QED) is 0.360. The molecule has 36 heavy (non-hydrogen) atoms. The van der Waals surface area contributed by atoms with E-state index < -0.39 is 11.9 Å². The molecule has 2 saturated heterocycles. The van der Waals surface area contributed by atoms with Crippen LogP contribution in [0, 0.1) is 44.4 Å². The van der Waals surface area contributed by atoms with Gasteiger partial charge in [-0.2, -0.15) is 0 Å². The normalized spacial score (nSPS) is 25.9. The molecular formula is C29H32N2O5. The van der Waals surface area contributed by atoms with E-state index in [4.69, 9.17) is 4.74 Å². The molecule has 3 fully saturated rings. The standard InChI is InChI=1S/C29H32N2O5/c1-16-6-9-22-23(11-16)28(34)31(27(22)33)24-10-8-21(13-19(24)4)36-29(35)20-14-26(32)30(15-20)25-12-17(2)5-7-18(25)3/h5,7-8,10,12-13,16,20,22-23H,6,9,11,14-15H2,1-4H3/t16-,20-,22-,23-/m1/s1. The van der Waals surface area contributed by atoms with E-state index in [2.05, 4.69) is 6.92 Å². The molecule has 3 amide bonds. The van der Waals surface area contributed by atoms with Crippen LogP contribution in [0.5, 0.6) is 5.75 Å². The number of amides is 3. The van der Waals surface area contributed by atoms with E-state index in [-0.39, 0.29) is 42.5 Å². The summed E-state index contributed by atoms with van der Waals surface area (Å²) >= 11 is 0. The van der Waals surface area contributed by atoms with Crippen LogP contribution >= 0.6 is 0 Å². The van der Waals surface area contributed by atoms with Crippen molar-refractivity contribution >= 4 is 35.1 Å². The summed E-state index contributed by atoms with van der Waals surface area (Å²) in [5.74, 6) is -1.06. The van der Waals surface area contributed by atoms with Gasteiger partial charge in [-0.15, -0.1) is 0 Å². The third-order valence-corrected chi connectivity index (χ3v) is 7.93. The maximum absolute atomic E-state index is 13.1. The molecule has 0 aromatic heterocycles. The van der Waals surface area contributed by atoms with Crippen molar-refractivity contribution in [2.75, 3.05) is 16.3 Å². The number of carbonyl (C=O) groups is 4. The van der Waals surface area contributed by atoms with Gasteiger partial charge in [-0.25, -0.2) is 4.90 Å². The summed E-state index contributed by atoms with van der Waals surface area (Å²) in [6.07, 6.45) is 2.56. The average Bonchev–Trinajstić information content (AvgIpc) is 3.33. The van der Waals surface area contributed by atoms with E-state index in [1.807, 2.05) is 32.0 Å². The summed E-state index contributed by atoms with van der Waals surface area (Å²) in [7, 11) is 0. The molecular weight excluding hydrogens is 456 g/mol. The zero-order valence-electron chi connectivity index (χ0n) is 21.2. The van der Waals surface area contributed by atoms with Crippen LogP contribution in [0.1, 0.15) is 49.3 Å². The Bertz CT molecular complexity index is 1270. The molecule has 1 saturated carbocycles. The summed E-state index contributed by atoms with van der Waals surface area (Å²) < 4.78 is 5.64. The molecule has 0 bridgehead atoms. The maximum atomic E-state index is 13.1. The maximum Gasteiger partial charge on any atom is 0.316 e. The van der Waals surface area contributed by atoms with E-state index in [0.29, 0.717) is 22.9 Å². The second-order valence-electron chi connectivity index (χ2n) is 10.7. The zero-order chi connectivity index (χ0) is 25.7. The molecule has 0 radical (unpaired) electrons. The Balaban J connectivity index is 1.29. The van der Waals surface area contributed by atoms with Crippen LogP contribution in [-0.2, 0) is 19.2 Å². The molecule has 2 aromatic rings. The molecule has 2 heterocycles.